The number of ketones is 1. The van der Waals surface area contributed by atoms with Gasteiger partial charge in [0.05, 0.1) is 0 Å². The van der Waals surface area contributed by atoms with Gasteiger partial charge in [-0.15, -0.1) is 0 Å². The van der Waals surface area contributed by atoms with Crippen molar-refractivity contribution in [1.82, 2.24) is 5.32 Å². The second-order valence-electron chi connectivity index (χ2n) is 4.89. The Labute approximate surface area is 113 Å². The van der Waals surface area contributed by atoms with E-state index in [9.17, 15) is 9.59 Å². The molecule has 0 aliphatic heterocycles. The van der Waals surface area contributed by atoms with Crippen LogP contribution in [0.1, 0.15) is 38.1 Å². The van der Waals surface area contributed by atoms with E-state index in [0.29, 0.717) is 16.9 Å². The Bertz CT molecular complexity index is 484. The molecule has 1 amide bonds. The standard InChI is InChI=1S/C14H21N3O2/c1-8(2)16-14(19)9(3)17-11-5-6-13(15)12(7-11)10(4)18/h5-9,17H,15H2,1-4H3,(H,16,19). The Kier molecular flexibility index (Phi) is 4.92. The Morgan fingerprint density at radius 2 is 1.84 bits per heavy atom. The quantitative estimate of drug-likeness (QED) is 0.558. The Hall–Kier alpha value is -2.04. The highest BCUT2D eigenvalue weighted by Crippen LogP contribution is 2.19. The number of hydrogen-bond donors (Lipinski definition) is 3. The van der Waals surface area contributed by atoms with Crippen LogP contribution >= 0.6 is 0 Å². The van der Waals surface area contributed by atoms with Crippen molar-refractivity contribution in [2.75, 3.05) is 11.1 Å². The summed E-state index contributed by atoms with van der Waals surface area (Å²) < 4.78 is 0. The number of hydrogen-bond acceptors (Lipinski definition) is 4. The van der Waals surface area contributed by atoms with Gasteiger partial charge in [0.15, 0.2) is 5.78 Å². The predicted molar refractivity (Wildman–Crippen MR) is 77.2 cm³/mol. The van der Waals surface area contributed by atoms with Crippen molar-refractivity contribution >= 4 is 23.1 Å². The maximum Gasteiger partial charge on any atom is 0.242 e. The molecule has 1 aromatic rings. The molecule has 0 saturated heterocycles. The maximum atomic E-state index is 11.8. The fourth-order valence-corrected chi connectivity index (χ4v) is 1.68. The molecule has 5 nitrogen and oxygen atoms in total. The minimum absolute atomic E-state index is 0.0869. The lowest BCUT2D eigenvalue weighted by Crippen LogP contribution is -2.41. The molecule has 1 atom stereocenters. The van der Waals surface area contributed by atoms with Crippen LogP contribution in [0.25, 0.3) is 0 Å². The minimum atomic E-state index is -0.383. The van der Waals surface area contributed by atoms with Crippen molar-refractivity contribution in [3.8, 4) is 0 Å². The van der Waals surface area contributed by atoms with Crippen LogP contribution in [0.2, 0.25) is 0 Å². The van der Waals surface area contributed by atoms with E-state index in [1.165, 1.54) is 6.92 Å². The van der Waals surface area contributed by atoms with Crippen LogP contribution < -0.4 is 16.4 Å². The van der Waals surface area contributed by atoms with E-state index in [0.717, 1.165) is 0 Å². The zero-order valence-corrected chi connectivity index (χ0v) is 11.8. The molecule has 0 aromatic heterocycles. The summed E-state index contributed by atoms with van der Waals surface area (Å²) in [6.45, 7) is 7.04. The SMILES string of the molecule is CC(=O)c1cc(NC(C)C(=O)NC(C)C)ccc1N. The topological polar surface area (TPSA) is 84.2 Å². The highest BCUT2D eigenvalue weighted by Gasteiger charge is 2.14. The third kappa shape index (κ3) is 4.28. The lowest BCUT2D eigenvalue weighted by molar-refractivity contribution is -0.122. The van der Waals surface area contributed by atoms with E-state index in [1.54, 1.807) is 25.1 Å². The van der Waals surface area contributed by atoms with Gasteiger partial charge in [0.2, 0.25) is 5.91 Å². The minimum Gasteiger partial charge on any atom is -0.398 e. The number of nitrogen functional groups attached to an aromatic ring is 1. The number of nitrogens with two attached hydrogens (primary N) is 1. The van der Waals surface area contributed by atoms with Crippen LogP contribution in [0.4, 0.5) is 11.4 Å². The number of amides is 1. The van der Waals surface area contributed by atoms with Crippen LogP contribution in [-0.4, -0.2) is 23.8 Å². The van der Waals surface area contributed by atoms with E-state index in [1.807, 2.05) is 13.8 Å². The van der Waals surface area contributed by atoms with Gasteiger partial charge in [0, 0.05) is 23.0 Å². The van der Waals surface area contributed by atoms with E-state index in [-0.39, 0.29) is 23.8 Å². The molecule has 4 N–H and O–H groups in total. The van der Waals surface area contributed by atoms with Crippen molar-refractivity contribution in [2.24, 2.45) is 0 Å². The Balaban J connectivity index is 2.80. The van der Waals surface area contributed by atoms with Crippen molar-refractivity contribution < 1.29 is 9.59 Å². The first kappa shape index (κ1) is 15.0. The molecule has 1 rings (SSSR count). The summed E-state index contributed by atoms with van der Waals surface area (Å²) in [5.74, 6) is -0.184. The highest BCUT2D eigenvalue weighted by atomic mass is 16.2. The summed E-state index contributed by atoms with van der Waals surface area (Å²) in [5, 5.41) is 5.87. The van der Waals surface area contributed by atoms with E-state index >= 15 is 0 Å². The third-order valence-corrected chi connectivity index (χ3v) is 2.64. The van der Waals surface area contributed by atoms with Gasteiger partial charge in [-0.25, -0.2) is 0 Å². The number of nitrogens with one attached hydrogen (secondary N) is 2. The average Bonchev–Trinajstić information content (AvgIpc) is 2.30. The van der Waals surface area contributed by atoms with Gasteiger partial charge in [0.25, 0.3) is 0 Å². The van der Waals surface area contributed by atoms with Gasteiger partial charge in [-0.1, -0.05) is 0 Å². The van der Waals surface area contributed by atoms with Crippen LogP contribution in [0.5, 0.6) is 0 Å². The molecule has 0 saturated carbocycles. The molecule has 5 heteroatoms. The first-order valence-corrected chi connectivity index (χ1v) is 6.28. The molecular formula is C14H21N3O2. The number of rotatable bonds is 5. The molecule has 0 bridgehead atoms. The molecule has 104 valence electrons. The number of benzene rings is 1. The Morgan fingerprint density at radius 3 is 2.37 bits per heavy atom. The second-order valence-corrected chi connectivity index (χ2v) is 4.89. The molecule has 0 radical (unpaired) electrons. The number of carbonyl (C=O) groups excluding carboxylic acids is 2. The van der Waals surface area contributed by atoms with Crippen LogP contribution in [-0.2, 0) is 4.79 Å². The summed E-state index contributed by atoms with van der Waals surface area (Å²) in [4.78, 5) is 23.2. The van der Waals surface area contributed by atoms with Crippen molar-refractivity contribution in [3.05, 3.63) is 23.8 Å². The monoisotopic (exact) mass is 263 g/mol. The van der Waals surface area contributed by atoms with Gasteiger partial charge in [-0.05, 0) is 45.9 Å². The fourth-order valence-electron chi connectivity index (χ4n) is 1.68. The van der Waals surface area contributed by atoms with Crippen molar-refractivity contribution in [1.29, 1.82) is 0 Å². The van der Waals surface area contributed by atoms with Crippen LogP contribution in [0.15, 0.2) is 18.2 Å². The van der Waals surface area contributed by atoms with E-state index < -0.39 is 0 Å². The predicted octanol–water partition coefficient (Wildman–Crippen LogP) is 1.80. The summed E-state index contributed by atoms with van der Waals surface area (Å²) in [7, 11) is 0. The van der Waals surface area contributed by atoms with Gasteiger partial charge < -0.3 is 16.4 Å². The van der Waals surface area contributed by atoms with E-state index in [4.69, 9.17) is 5.73 Å². The number of Topliss-reactive ketones (excluding diaryl/α,β-unsaturated/α-hetero) is 1. The highest BCUT2D eigenvalue weighted by molar-refractivity contribution is 6.00. The van der Waals surface area contributed by atoms with Crippen molar-refractivity contribution in [2.45, 2.75) is 39.8 Å². The van der Waals surface area contributed by atoms with E-state index in [2.05, 4.69) is 10.6 Å². The zero-order chi connectivity index (χ0) is 14.6. The normalized spacial score (nSPS) is 12.1. The lowest BCUT2D eigenvalue weighted by atomic mass is 10.1. The second kappa shape index (κ2) is 6.22. The number of anilines is 2. The summed E-state index contributed by atoms with van der Waals surface area (Å²) >= 11 is 0. The summed E-state index contributed by atoms with van der Waals surface area (Å²) in [6, 6.07) is 4.78. The molecule has 0 aliphatic carbocycles. The largest absolute Gasteiger partial charge is 0.398 e. The zero-order valence-electron chi connectivity index (χ0n) is 11.8. The molecule has 1 unspecified atom stereocenters. The molecule has 0 heterocycles. The van der Waals surface area contributed by atoms with Crippen LogP contribution in [0, 0.1) is 0 Å². The molecule has 19 heavy (non-hydrogen) atoms. The first-order chi connectivity index (χ1) is 8.81. The number of carbonyl (C=O) groups is 2. The Morgan fingerprint density at radius 1 is 1.21 bits per heavy atom. The summed E-state index contributed by atoms with van der Waals surface area (Å²) in [6.07, 6.45) is 0. The van der Waals surface area contributed by atoms with Crippen molar-refractivity contribution in [3.63, 3.8) is 0 Å². The molecular weight excluding hydrogens is 242 g/mol. The molecule has 1 aromatic carbocycles. The first-order valence-electron chi connectivity index (χ1n) is 6.28. The third-order valence-electron chi connectivity index (χ3n) is 2.64. The molecule has 0 aliphatic rings. The molecule has 0 spiro atoms. The fraction of sp³-hybridized carbons (Fsp3) is 0.429. The lowest BCUT2D eigenvalue weighted by Gasteiger charge is -2.17. The summed E-state index contributed by atoms with van der Waals surface area (Å²) in [5.41, 5.74) is 7.32. The van der Waals surface area contributed by atoms with Gasteiger partial charge in [-0.3, -0.25) is 9.59 Å². The molecule has 0 fully saturated rings. The van der Waals surface area contributed by atoms with Gasteiger partial charge in [0.1, 0.15) is 6.04 Å². The van der Waals surface area contributed by atoms with Gasteiger partial charge >= 0.3 is 0 Å². The smallest absolute Gasteiger partial charge is 0.242 e. The van der Waals surface area contributed by atoms with Crippen LogP contribution in [0.3, 0.4) is 0 Å². The average molecular weight is 263 g/mol. The van der Waals surface area contributed by atoms with Gasteiger partial charge in [-0.2, -0.15) is 0 Å². The maximum absolute atomic E-state index is 11.8.